The first kappa shape index (κ1) is 23.4. The first-order valence-electron chi connectivity index (χ1n) is 9.78. The van der Waals surface area contributed by atoms with Crippen LogP contribution < -0.4 is 9.64 Å². The summed E-state index contributed by atoms with van der Waals surface area (Å²) >= 11 is 1.21. The molecule has 1 aliphatic rings. The maximum absolute atomic E-state index is 13.0. The first-order chi connectivity index (χ1) is 15.6. The second-order valence-corrected chi connectivity index (χ2v) is 9.87. The monoisotopic (exact) mass is 502 g/mol. The van der Waals surface area contributed by atoms with Gasteiger partial charge in [0.05, 0.1) is 4.90 Å². The van der Waals surface area contributed by atoms with Gasteiger partial charge >= 0.3 is 6.36 Å². The predicted molar refractivity (Wildman–Crippen MR) is 113 cm³/mol. The van der Waals surface area contributed by atoms with Crippen LogP contribution in [-0.4, -0.2) is 54.6 Å². The Morgan fingerprint density at radius 2 is 1.61 bits per heavy atom. The normalized spacial score (nSPS) is 15.6. The lowest BCUT2D eigenvalue weighted by molar-refractivity contribution is -0.274. The molecule has 0 saturated carbocycles. The number of anilines is 1. The van der Waals surface area contributed by atoms with Gasteiger partial charge in [-0.25, -0.2) is 17.8 Å². The van der Waals surface area contributed by atoms with Crippen molar-refractivity contribution < 1.29 is 30.7 Å². The molecule has 1 aromatic heterocycles. The van der Waals surface area contributed by atoms with Crippen molar-refractivity contribution >= 4 is 26.7 Å². The van der Waals surface area contributed by atoms with Crippen molar-refractivity contribution in [3.63, 3.8) is 0 Å². The largest absolute Gasteiger partial charge is 0.573 e. The highest BCUT2D eigenvalue weighted by Gasteiger charge is 2.32. The summed E-state index contributed by atoms with van der Waals surface area (Å²) in [6.45, 7) is 1.16. The number of hydrogen-bond donors (Lipinski definition) is 0. The summed E-state index contributed by atoms with van der Waals surface area (Å²) in [7, 11) is -3.86. The van der Waals surface area contributed by atoms with E-state index in [-0.39, 0.29) is 23.8 Å². The molecule has 0 unspecified atom stereocenters. The lowest BCUT2D eigenvalue weighted by Crippen LogP contribution is -2.48. The summed E-state index contributed by atoms with van der Waals surface area (Å²) in [6, 6.07) is 10.2. The smallest absolute Gasteiger partial charge is 0.406 e. The molecule has 1 aliphatic heterocycles. The number of alkyl halides is 3. The third kappa shape index (κ3) is 5.78. The lowest BCUT2D eigenvalue weighted by atomic mass is 10.1. The van der Waals surface area contributed by atoms with Gasteiger partial charge in [-0.3, -0.25) is 0 Å². The lowest BCUT2D eigenvalue weighted by Gasteiger charge is -2.33. The predicted octanol–water partition coefficient (Wildman–Crippen LogP) is 3.68. The van der Waals surface area contributed by atoms with E-state index in [9.17, 15) is 26.0 Å². The Balaban J connectivity index is 1.36. The topological polar surface area (TPSA) is 75.6 Å². The van der Waals surface area contributed by atoms with Gasteiger partial charge in [-0.05, 0) is 42.0 Å². The Morgan fingerprint density at radius 1 is 0.970 bits per heavy atom. The molecule has 0 N–H and O–H groups in total. The molecule has 4 rings (SSSR count). The van der Waals surface area contributed by atoms with Crippen molar-refractivity contribution in [3.8, 4) is 5.75 Å². The van der Waals surface area contributed by atoms with Crippen LogP contribution in [0.4, 0.5) is 22.7 Å². The number of rotatable bonds is 6. The molecule has 0 aliphatic carbocycles. The first-order valence-corrected chi connectivity index (χ1v) is 12.0. The standard InChI is InChI=1S/C20H18F4N4O3S2/c21-15-3-1-14(2-4-15)13-18-25-19(32-26-18)27-9-11-28(12-10-27)33(29,30)17-7-5-16(6-8-17)31-20(22,23)24/h1-8H,9-13H2. The maximum Gasteiger partial charge on any atom is 0.573 e. The minimum Gasteiger partial charge on any atom is -0.406 e. The molecule has 13 heteroatoms. The van der Waals surface area contributed by atoms with Crippen LogP contribution in [-0.2, 0) is 16.4 Å². The van der Waals surface area contributed by atoms with Gasteiger partial charge in [0.2, 0.25) is 15.2 Å². The summed E-state index contributed by atoms with van der Waals surface area (Å²) in [5.41, 5.74) is 0.878. The Hall–Kier alpha value is -2.77. The van der Waals surface area contributed by atoms with E-state index in [0.29, 0.717) is 30.5 Å². The van der Waals surface area contributed by atoms with Gasteiger partial charge in [-0.1, -0.05) is 12.1 Å². The van der Waals surface area contributed by atoms with Crippen molar-refractivity contribution in [3.05, 3.63) is 65.7 Å². The van der Waals surface area contributed by atoms with Crippen LogP contribution in [0, 0.1) is 5.82 Å². The van der Waals surface area contributed by atoms with Crippen molar-refractivity contribution in [1.82, 2.24) is 13.7 Å². The Morgan fingerprint density at radius 3 is 2.21 bits per heavy atom. The molecule has 7 nitrogen and oxygen atoms in total. The third-order valence-electron chi connectivity index (χ3n) is 4.94. The summed E-state index contributed by atoms with van der Waals surface area (Å²) in [6.07, 6.45) is -4.39. The number of halogens is 4. The van der Waals surface area contributed by atoms with Crippen LogP contribution in [0.3, 0.4) is 0 Å². The summed E-state index contributed by atoms with van der Waals surface area (Å²) in [5.74, 6) is -0.208. The van der Waals surface area contributed by atoms with E-state index in [1.165, 1.54) is 28.0 Å². The van der Waals surface area contributed by atoms with Crippen LogP contribution in [0.5, 0.6) is 5.75 Å². The van der Waals surface area contributed by atoms with Gasteiger partial charge in [-0.15, -0.1) is 13.2 Å². The fraction of sp³-hybridized carbons (Fsp3) is 0.300. The van der Waals surface area contributed by atoms with E-state index in [1.54, 1.807) is 12.1 Å². The van der Waals surface area contributed by atoms with Crippen LogP contribution in [0.25, 0.3) is 0 Å². The van der Waals surface area contributed by atoms with Gasteiger partial charge in [-0.2, -0.15) is 8.68 Å². The number of hydrogen-bond acceptors (Lipinski definition) is 7. The zero-order valence-corrected chi connectivity index (χ0v) is 18.6. The van der Waals surface area contributed by atoms with Gasteiger partial charge in [0.1, 0.15) is 17.4 Å². The molecular weight excluding hydrogens is 484 g/mol. The Bertz CT molecular complexity index is 1190. The van der Waals surface area contributed by atoms with Gasteiger partial charge in [0.25, 0.3) is 0 Å². The van der Waals surface area contributed by atoms with E-state index in [1.807, 2.05) is 4.90 Å². The Kier molecular flexibility index (Phi) is 6.54. The second kappa shape index (κ2) is 9.23. The van der Waals surface area contributed by atoms with E-state index < -0.39 is 22.1 Å². The number of ether oxygens (including phenoxy) is 1. The van der Waals surface area contributed by atoms with E-state index in [4.69, 9.17) is 0 Å². The molecule has 3 aromatic rings. The molecule has 0 spiro atoms. The van der Waals surface area contributed by atoms with E-state index >= 15 is 0 Å². The number of nitrogens with zero attached hydrogens (tertiary/aromatic N) is 4. The molecule has 2 aromatic carbocycles. The van der Waals surface area contributed by atoms with Crippen molar-refractivity contribution in [2.75, 3.05) is 31.1 Å². The highest BCUT2D eigenvalue weighted by molar-refractivity contribution is 7.89. The van der Waals surface area contributed by atoms with Crippen molar-refractivity contribution in [2.45, 2.75) is 17.7 Å². The maximum atomic E-state index is 13.0. The SMILES string of the molecule is O=S(=O)(c1ccc(OC(F)(F)F)cc1)N1CCN(c2nc(Cc3ccc(F)cc3)ns2)CC1. The fourth-order valence-corrected chi connectivity index (χ4v) is 5.47. The molecule has 1 saturated heterocycles. The zero-order valence-electron chi connectivity index (χ0n) is 17.0. The average molecular weight is 503 g/mol. The van der Waals surface area contributed by atoms with E-state index in [2.05, 4.69) is 14.1 Å². The molecule has 1 fully saturated rings. The quantitative estimate of drug-likeness (QED) is 0.479. The van der Waals surface area contributed by atoms with Crippen LogP contribution >= 0.6 is 11.5 Å². The molecule has 0 atom stereocenters. The van der Waals surface area contributed by atoms with Crippen LogP contribution in [0.2, 0.25) is 0 Å². The van der Waals surface area contributed by atoms with Crippen molar-refractivity contribution in [1.29, 1.82) is 0 Å². The minimum absolute atomic E-state index is 0.108. The number of aromatic nitrogens is 2. The van der Waals surface area contributed by atoms with Gasteiger partial charge < -0.3 is 9.64 Å². The Labute approximate surface area is 191 Å². The summed E-state index contributed by atoms with van der Waals surface area (Å²) < 4.78 is 85.0. The minimum atomic E-state index is -4.85. The molecule has 0 amide bonds. The third-order valence-corrected chi connectivity index (χ3v) is 7.66. The fourth-order valence-electron chi connectivity index (χ4n) is 3.31. The molecule has 0 bridgehead atoms. The highest BCUT2D eigenvalue weighted by atomic mass is 32.2. The molecule has 33 heavy (non-hydrogen) atoms. The molecule has 176 valence electrons. The highest BCUT2D eigenvalue weighted by Crippen LogP contribution is 2.26. The summed E-state index contributed by atoms with van der Waals surface area (Å²) in [5, 5.41) is 0.665. The molecular formula is C20H18F4N4O3S2. The van der Waals surface area contributed by atoms with E-state index in [0.717, 1.165) is 29.8 Å². The van der Waals surface area contributed by atoms with Gasteiger partial charge in [0, 0.05) is 44.1 Å². The second-order valence-electron chi connectivity index (χ2n) is 7.21. The summed E-state index contributed by atoms with van der Waals surface area (Å²) in [4.78, 5) is 6.32. The number of benzene rings is 2. The van der Waals surface area contributed by atoms with Crippen molar-refractivity contribution in [2.24, 2.45) is 0 Å². The van der Waals surface area contributed by atoms with Crippen LogP contribution in [0.1, 0.15) is 11.4 Å². The number of piperazine rings is 1. The molecule has 2 heterocycles. The molecule has 0 radical (unpaired) electrons. The number of sulfonamides is 1. The zero-order chi connectivity index (χ0) is 23.6. The van der Waals surface area contributed by atoms with Gasteiger partial charge in [0.15, 0.2) is 0 Å². The average Bonchev–Trinajstić information content (AvgIpc) is 3.23. The van der Waals surface area contributed by atoms with Crippen LogP contribution in [0.15, 0.2) is 53.4 Å².